The van der Waals surface area contributed by atoms with Crippen molar-refractivity contribution in [2.45, 2.75) is 32.0 Å². The van der Waals surface area contributed by atoms with Crippen LogP contribution in [0.5, 0.6) is 0 Å². The molecule has 0 atom stereocenters. The first kappa shape index (κ1) is 19.2. The molecule has 3 rings (SSSR count). The Balaban J connectivity index is 1.86. The second kappa shape index (κ2) is 8.86. The van der Waals surface area contributed by atoms with Gasteiger partial charge in [-0.1, -0.05) is 49.0 Å². The first-order valence-electron chi connectivity index (χ1n) is 9.13. The Morgan fingerprint density at radius 3 is 2.48 bits per heavy atom. The van der Waals surface area contributed by atoms with Crippen molar-refractivity contribution in [2.24, 2.45) is 0 Å². The Hall–Kier alpha value is -2.60. The number of para-hydroxylation sites is 2. The van der Waals surface area contributed by atoms with E-state index in [1.807, 2.05) is 62.4 Å². The average molecular weight is 382 g/mol. The van der Waals surface area contributed by atoms with Gasteiger partial charge in [0, 0.05) is 18.8 Å². The maximum atomic E-state index is 12.8. The SMILES string of the molecule is CCCn1c(SCC(=O)N(CC)c2ccccc2)nc2ccccc2c1=O. The number of amides is 1. The molecule has 2 aromatic carbocycles. The number of rotatable bonds is 7. The number of carbonyl (C=O) groups is 1. The summed E-state index contributed by atoms with van der Waals surface area (Å²) in [5.74, 6) is 0.233. The van der Waals surface area contributed by atoms with Crippen LogP contribution in [0.15, 0.2) is 64.5 Å². The topological polar surface area (TPSA) is 55.2 Å². The Bertz CT molecular complexity index is 986. The van der Waals surface area contributed by atoms with E-state index in [9.17, 15) is 9.59 Å². The molecule has 0 N–H and O–H groups in total. The molecule has 3 aromatic rings. The van der Waals surface area contributed by atoms with Gasteiger partial charge in [0.25, 0.3) is 5.56 Å². The van der Waals surface area contributed by atoms with Crippen LogP contribution in [-0.2, 0) is 11.3 Å². The number of anilines is 1. The molecule has 0 aliphatic rings. The van der Waals surface area contributed by atoms with Gasteiger partial charge >= 0.3 is 0 Å². The lowest BCUT2D eigenvalue weighted by molar-refractivity contribution is -0.116. The van der Waals surface area contributed by atoms with Crippen molar-refractivity contribution < 1.29 is 4.79 Å². The van der Waals surface area contributed by atoms with Gasteiger partial charge in [-0.15, -0.1) is 0 Å². The number of thioether (sulfide) groups is 1. The highest BCUT2D eigenvalue weighted by Crippen LogP contribution is 2.20. The number of hydrogen-bond donors (Lipinski definition) is 0. The highest BCUT2D eigenvalue weighted by atomic mass is 32.2. The molecule has 0 aliphatic carbocycles. The molecule has 6 heteroatoms. The predicted molar refractivity (Wildman–Crippen MR) is 111 cm³/mol. The largest absolute Gasteiger partial charge is 0.312 e. The van der Waals surface area contributed by atoms with Crippen LogP contribution in [-0.4, -0.2) is 27.8 Å². The summed E-state index contributed by atoms with van der Waals surface area (Å²) in [7, 11) is 0. The van der Waals surface area contributed by atoms with Gasteiger partial charge in [0.05, 0.1) is 16.7 Å². The van der Waals surface area contributed by atoms with Crippen LogP contribution < -0.4 is 10.5 Å². The van der Waals surface area contributed by atoms with Gasteiger partial charge in [0.2, 0.25) is 5.91 Å². The van der Waals surface area contributed by atoms with E-state index in [0.29, 0.717) is 29.1 Å². The fourth-order valence-corrected chi connectivity index (χ4v) is 3.90. The molecular weight excluding hydrogens is 358 g/mol. The summed E-state index contributed by atoms with van der Waals surface area (Å²) in [6.07, 6.45) is 0.826. The van der Waals surface area contributed by atoms with Crippen molar-refractivity contribution in [1.82, 2.24) is 9.55 Å². The molecule has 1 aromatic heterocycles. The molecule has 0 aliphatic heterocycles. The van der Waals surface area contributed by atoms with Crippen molar-refractivity contribution >= 4 is 34.3 Å². The minimum absolute atomic E-state index is 0.000781. The maximum Gasteiger partial charge on any atom is 0.262 e. The third-order valence-corrected chi connectivity index (χ3v) is 5.24. The molecule has 0 saturated heterocycles. The van der Waals surface area contributed by atoms with E-state index < -0.39 is 0 Å². The summed E-state index contributed by atoms with van der Waals surface area (Å²) >= 11 is 1.32. The summed E-state index contributed by atoms with van der Waals surface area (Å²) in [5, 5.41) is 1.21. The van der Waals surface area contributed by atoms with Gasteiger partial charge in [-0.2, -0.15) is 0 Å². The Morgan fingerprint density at radius 2 is 1.78 bits per heavy atom. The summed E-state index contributed by atoms with van der Waals surface area (Å²) in [4.78, 5) is 32.0. The molecule has 0 saturated carbocycles. The predicted octanol–water partition coefficient (Wildman–Crippen LogP) is 3.95. The van der Waals surface area contributed by atoms with Crippen molar-refractivity contribution in [2.75, 3.05) is 17.2 Å². The van der Waals surface area contributed by atoms with E-state index in [-0.39, 0.29) is 17.2 Å². The monoisotopic (exact) mass is 381 g/mol. The zero-order valence-electron chi connectivity index (χ0n) is 15.6. The summed E-state index contributed by atoms with van der Waals surface area (Å²) < 4.78 is 1.68. The lowest BCUT2D eigenvalue weighted by atomic mass is 10.2. The standard InChI is InChI=1S/C21H23N3O2S/c1-3-14-24-20(26)17-12-8-9-13-18(17)22-21(24)27-15-19(25)23(4-2)16-10-6-5-7-11-16/h5-13H,3-4,14-15H2,1-2H3. The van der Waals surface area contributed by atoms with E-state index in [1.54, 1.807) is 15.5 Å². The van der Waals surface area contributed by atoms with E-state index in [2.05, 4.69) is 4.98 Å². The third kappa shape index (κ3) is 4.22. The Kier molecular flexibility index (Phi) is 6.29. The molecule has 1 amide bonds. The van der Waals surface area contributed by atoms with E-state index >= 15 is 0 Å². The number of benzene rings is 2. The Morgan fingerprint density at radius 1 is 1.07 bits per heavy atom. The normalized spacial score (nSPS) is 10.9. The number of hydrogen-bond acceptors (Lipinski definition) is 4. The van der Waals surface area contributed by atoms with E-state index in [4.69, 9.17) is 0 Å². The third-order valence-electron chi connectivity index (χ3n) is 4.28. The molecule has 1 heterocycles. The lowest BCUT2D eigenvalue weighted by Gasteiger charge is -2.21. The first-order chi connectivity index (χ1) is 13.2. The molecule has 0 bridgehead atoms. The van der Waals surface area contributed by atoms with Gasteiger partial charge in [-0.05, 0) is 37.6 Å². The van der Waals surface area contributed by atoms with Crippen LogP contribution in [0.1, 0.15) is 20.3 Å². The number of aromatic nitrogens is 2. The zero-order chi connectivity index (χ0) is 19.2. The summed E-state index contributed by atoms with van der Waals surface area (Å²) in [5.41, 5.74) is 1.50. The van der Waals surface area contributed by atoms with E-state index in [0.717, 1.165) is 12.1 Å². The molecular formula is C21H23N3O2S. The Labute approximate surface area is 163 Å². The van der Waals surface area contributed by atoms with Crippen molar-refractivity contribution in [1.29, 1.82) is 0 Å². The van der Waals surface area contributed by atoms with Crippen molar-refractivity contribution in [3.05, 3.63) is 65.0 Å². The average Bonchev–Trinajstić information content (AvgIpc) is 2.70. The second-order valence-electron chi connectivity index (χ2n) is 6.13. The zero-order valence-corrected chi connectivity index (χ0v) is 16.4. The minimum atomic E-state index is -0.0483. The van der Waals surface area contributed by atoms with E-state index in [1.165, 1.54) is 11.8 Å². The number of carbonyl (C=O) groups excluding carboxylic acids is 1. The van der Waals surface area contributed by atoms with Crippen molar-refractivity contribution in [3.8, 4) is 0 Å². The maximum absolute atomic E-state index is 12.8. The molecule has 0 spiro atoms. The highest BCUT2D eigenvalue weighted by molar-refractivity contribution is 7.99. The molecule has 0 radical (unpaired) electrons. The molecule has 27 heavy (non-hydrogen) atoms. The lowest BCUT2D eigenvalue weighted by Crippen LogP contribution is -2.32. The van der Waals surface area contributed by atoms with Gasteiger partial charge in [-0.3, -0.25) is 14.2 Å². The molecule has 0 unspecified atom stereocenters. The van der Waals surface area contributed by atoms with Gasteiger partial charge < -0.3 is 4.90 Å². The fraction of sp³-hybridized carbons (Fsp3) is 0.286. The summed E-state index contributed by atoms with van der Waals surface area (Å²) in [6.45, 7) is 5.16. The fourth-order valence-electron chi connectivity index (χ4n) is 2.99. The smallest absolute Gasteiger partial charge is 0.262 e. The van der Waals surface area contributed by atoms with Gasteiger partial charge in [0.1, 0.15) is 0 Å². The van der Waals surface area contributed by atoms with Gasteiger partial charge in [0.15, 0.2) is 5.16 Å². The molecule has 5 nitrogen and oxygen atoms in total. The summed E-state index contributed by atoms with van der Waals surface area (Å²) in [6, 6.07) is 17.0. The first-order valence-corrected chi connectivity index (χ1v) is 10.1. The van der Waals surface area contributed by atoms with Crippen LogP contribution in [0.4, 0.5) is 5.69 Å². The molecule has 0 fully saturated rings. The van der Waals surface area contributed by atoms with Crippen LogP contribution in [0.25, 0.3) is 10.9 Å². The highest BCUT2D eigenvalue weighted by Gasteiger charge is 2.17. The quantitative estimate of drug-likeness (QED) is 0.459. The van der Waals surface area contributed by atoms with Crippen LogP contribution in [0, 0.1) is 0 Å². The van der Waals surface area contributed by atoms with Crippen LogP contribution in [0.3, 0.4) is 0 Å². The van der Waals surface area contributed by atoms with Crippen LogP contribution >= 0.6 is 11.8 Å². The molecule has 140 valence electrons. The van der Waals surface area contributed by atoms with Gasteiger partial charge in [-0.25, -0.2) is 4.98 Å². The second-order valence-corrected chi connectivity index (χ2v) is 7.07. The minimum Gasteiger partial charge on any atom is -0.312 e. The van der Waals surface area contributed by atoms with Crippen molar-refractivity contribution in [3.63, 3.8) is 0 Å². The number of nitrogens with zero attached hydrogens (tertiary/aromatic N) is 3. The van der Waals surface area contributed by atoms with Crippen LogP contribution in [0.2, 0.25) is 0 Å². The number of fused-ring (bicyclic) bond motifs is 1.